The third-order valence-corrected chi connectivity index (χ3v) is 2.64. The standard InChI is InChI=1S/C13H14N4O4/c1-2-21-9-16-8-11(7-14-16)15-13(18)10-4-3-5-12(6-10)17(19)20/h3-8H,2,9H2,1H3,(H,15,18). The molecule has 0 aliphatic rings. The number of benzene rings is 1. The van der Waals surface area contributed by atoms with E-state index in [2.05, 4.69) is 10.4 Å². The monoisotopic (exact) mass is 290 g/mol. The Hall–Kier alpha value is -2.74. The summed E-state index contributed by atoms with van der Waals surface area (Å²) in [5, 5.41) is 17.3. The maximum absolute atomic E-state index is 12.0. The van der Waals surface area contributed by atoms with Gasteiger partial charge >= 0.3 is 0 Å². The van der Waals surface area contributed by atoms with Gasteiger partial charge in [0.25, 0.3) is 11.6 Å². The predicted molar refractivity (Wildman–Crippen MR) is 74.9 cm³/mol. The van der Waals surface area contributed by atoms with Gasteiger partial charge in [0.2, 0.25) is 0 Å². The second kappa shape index (κ2) is 6.62. The molecule has 0 saturated heterocycles. The first-order chi connectivity index (χ1) is 10.1. The summed E-state index contributed by atoms with van der Waals surface area (Å²) in [6.45, 7) is 2.73. The van der Waals surface area contributed by atoms with E-state index in [-0.39, 0.29) is 11.3 Å². The van der Waals surface area contributed by atoms with Crippen molar-refractivity contribution in [3.8, 4) is 0 Å². The summed E-state index contributed by atoms with van der Waals surface area (Å²) in [5.74, 6) is -0.436. The maximum Gasteiger partial charge on any atom is 0.270 e. The molecule has 2 aromatic rings. The molecule has 21 heavy (non-hydrogen) atoms. The fourth-order valence-electron chi connectivity index (χ4n) is 1.65. The second-order valence-electron chi connectivity index (χ2n) is 4.15. The summed E-state index contributed by atoms with van der Waals surface area (Å²) in [6.07, 6.45) is 3.10. The van der Waals surface area contributed by atoms with Crippen LogP contribution in [0.4, 0.5) is 11.4 Å². The number of anilines is 1. The number of nitro groups is 1. The van der Waals surface area contributed by atoms with Crippen LogP contribution in [0.1, 0.15) is 17.3 Å². The molecule has 0 spiro atoms. The third kappa shape index (κ3) is 3.86. The first-order valence-corrected chi connectivity index (χ1v) is 6.26. The summed E-state index contributed by atoms with van der Waals surface area (Å²) >= 11 is 0. The molecule has 1 N–H and O–H groups in total. The SMILES string of the molecule is CCOCn1cc(NC(=O)c2cccc([N+](=O)[O-])c2)cn1. The molecule has 0 atom stereocenters. The number of carbonyl (C=O) groups is 1. The Labute approximate surface area is 120 Å². The van der Waals surface area contributed by atoms with Gasteiger partial charge in [-0.3, -0.25) is 14.9 Å². The van der Waals surface area contributed by atoms with Crippen LogP contribution in [0.15, 0.2) is 36.7 Å². The van der Waals surface area contributed by atoms with Crippen LogP contribution < -0.4 is 5.32 Å². The van der Waals surface area contributed by atoms with Gasteiger partial charge < -0.3 is 10.1 Å². The van der Waals surface area contributed by atoms with Crippen LogP contribution in [0.5, 0.6) is 0 Å². The number of hydrogen-bond donors (Lipinski definition) is 1. The summed E-state index contributed by atoms with van der Waals surface area (Å²) < 4.78 is 6.71. The molecule has 1 aromatic heterocycles. The Kier molecular flexibility index (Phi) is 4.62. The first kappa shape index (κ1) is 14.7. The Morgan fingerprint density at radius 1 is 1.52 bits per heavy atom. The van der Waals surface area contributed by atoms with Gasteiger partial charge in [0.15, 0.2) is 0 Å². The van der Waals surface area contributed by atoms with Gasteiger partial charge in [0.05, 0.1) is 23.0 Å². The van der Waals surface area contributed by atoms with Crippen molar-refractivity contribution in [3.63, 3.8) is 0 Å². The van der Waals surface area contributed by atoms with E-state index in [0.29, 0.717) is 19.0 Å². The van der Waals surface area contributed by atoms with Gasteiger partial charge in [0.1, 0.15) is 6.73 Å². The zero-order valence-electron chi connectivity index (χ0n) is 11.4. The average Bonchev–Trinajstić information content (AvgIpc) is 2.92. The molecule has 1 heterocycles. The third-order valence-electron chi connectivity index (χ3n) is 2.64. The van der Waals surface area contributed by atoms with E-state index in [1.54, 1.807) is 6.20 Å². The topological polar surface area (TPSA) is 99.3 Å². The molecular weight excluding hydrogens is 276 g/mol. The zero-order valence-corrected chi connectivity index (χ0v) is 11.4. The number of nitro benzene ring substituents is 1. The minimum atomic E-state index is -0.545. The number of non-ortho nitro benzene ring substituents is 1. The summed E-state index contributed by atoms with van der Waals surface area (Å²) in [5.41, 5.74) is 0.572. The van der Waals surface area contributed by atoms with Gasteiger partial charge in [-0.1, -0.05) is 6.07 Å². The van der Waals surface area contributed by atoms with Gasteiger partial charge in [-0.25, -0.2) is 4.68 Å². The van der Waals surface area contributed by atoms with Crippen molar-refractivity contribution in [3.05, 3.63) is 52.3 Å². The lowest BCUT2D eigenvalue weighted by molar-refractivity contribution is -0.384. The van der Waals surface area contributed by atoms with Crippen molar-refractivity contribution in [1.82, 2.24) is 9.78 Å². The highest BCUT2D eigenvalue weighted by Crippen LogP contribution is 2.15. The minimum absolute atomic E-state index is 0.130. The molecule has 0 radical (unpaired) electrons. The highest BCUT2D eigenvalue weighted by molar-refractivity contribution is 6.04. The van der Waals surface area contributed by atoms with E-state index in [4.69, 9.17) is 4.74 Å². The minimum Gasteiger partial charge on any atom is -0.360 e. The van der Waals surface area contributed by atoms with Gasteiger partial charge in [-0.15, -0.1) is 0 Å². The lowest BCUT2D eigenvalue weighted by atomic mass is 10.2. The molecule has 8 heteroatoms. The molecule has 0 aliphatic heterocycles. The Morgan fingerprint density at radius 3 is 3.05 bits per heavy atom. The Balaban J connectivity index is 2.05. The van der Waals surface area contributed by atoms with E-state index in [9.17, 15) is 14.9 Å². The van der Waals surface area contributed by atoms with E-state index < -0.39 is 10.8 Å². The molecular formula is C13H14N4O4. The number of nitrogens with zero attached hydrogens (tertiary/aromatic N) is 3. The molecule has 0 bridgehead atoms. The molecule has 0 aliphatic carbocycles. The van der Waals surface area contributed by atoms with E-state index in [1.165, 1.54) is 35.1 Å². The number of amides is 1. The number of hydrogen-bond acceptors (Lipinski definition) is 5. The fraction of sp³-hybridized carbons (Fsp3) is 0.231. The van der Waals surface area contributed by atoms with Crippen LogP contribution in [0.2, 0.25) is 0 Å². The molecule has 110 valence electrons. The molecule has 1 amide bonds. The van der Waals surface area contributed by atoms with Crippen molar-refractivity contribution in [2.24, 2.45) is 0 Å². The number of rotatable bonds is 6. The Morgan fingerprint density at radius 2 is 2.33 bits per heavy atom. The van der Waals surface area contributed by atoms with Crippen LogP contribution in [0.3, 0.4) is 0 Å². The van der Waals surface area contributed by atoms with Gasteiger partial charge in [-0.2, -0.15) is 5.10 Å². The number of nitrogens with one attached hydrogen (secondary N) is 1. The van der Waals surface area contributed by atoms with E-state index in [0.717, 1.165) is 0 Å². The summed E-state index contributed by atoms with van der Waals surface area (Å²) in [6, 6.07) is 5.52. The summed E-state index contributed by atoms with van der Waals surface area (Å²) in [7, 11) is 0. The summed E-state index contributed by atoms with van der Waals surface area (Å²) in [4.78, 5) is 22.1. The molecule has 0 unspecified atom stereocenters. The number of ether oxygens (including phenoxy) is 1. The quantitative estimate of drug-likeness (QED) is 0.648. The van der Waals surface area contributed by atoms with Crippen LogP contribution in [0.25, 0.3) is 0 Å². The normalized spacial score (nSPS) is 10.3. The van der Waals surface area contributed by atoms with E-state index in [1.807, 2.05) is 6.92 Å². The van der Waals surface area contributed by atoms with Crippen LogP contribution in [-0.4, -0.2) is 27.2 Å². The van der Waals surface area contributed by atoms with Crippen molar-refractivity contribution in [2.45, 2.75) is 13.7 Å². The molecule has 0 fully saturated rings. The second-order valence-corrected chi connectivity index (χ2v) is 4.15. The maximum atomic E-state index is 12.0. The molecule has 2 rings (SSSR count). The molecule has 0 saturated carbocycles. The largest absolute Gasteiger partial charge is 0.360 e. The van der Waals surface area contributed by atoms with Gasteiger partial charge in [-0.05, 0) is 13.0 Å². The predicted octanol–water partition coefficient (Wildman–Crippen LogP) is 2.04. The Bertz CT molecular complexity index is 653. The first-order valence-electron chi connectivity index (χ1n) is 6.26. The van der Waals surface area contributed by atoms with Crippen molar-refractivity contribution in [1.29, 1.82) is 0 Å². The highest BCUT2D eigenvalue weighted by atomic mass is 16.6. The van der Waals surface area contributed by atoms with Crippen molar-refractivity contribution >= 4 is 17.3 Å². The average molecular weight is 290 g/mol. The number of aromatic nitrogens is 2. The van der Waals surface area contributed by atoms with Crippen LogP contribution in [0, 0.1) is 10.1 Å². The highest BCUT2D eigenvalue weighted by Gasteiger charge is 2.12. The zero-order chi connectivity index (χ0) is 15.2. The van der Waals surface area contributed by atoms with Crippen molar-refractivity contribution in [2.75, 3.05) is 11.9 Å². The van der Waals surface area contributed by atoms with Crippen LogP contribution in [-0.2, 0) is 11.5 Å². The van der Waals surface area contributed by atoms with Crippen molar-refractivity contribution < 1.29 is 14.5 Å². The molecule has 8 nitrogen and oxygen atoms in total. The fourth-order valence-corrected chi connectivity index (χ4v) is 1.65. The smallest absolute Gasteiger partial charge is 0.270 e. The lowest BCUT2D eigenvalue weighted by Gasteiger charge is -2.02. The molecule has 1 aromatic carbocycles. The van der Waals surface area contributed by atoms with E-state index >= 15 is 0 Å². The number of carbonyl (C=O) groups excluding carboxylic acids is 1. The lowest BCUT2D eigenvalue weighted by Crippen LogP contribution is -2.11. The van der Waals surface area contributed by atoms with Gasteiger partial charge in [0, 0.05) is 24.3 Å². The van der Waals surface area contributed by atoms with Crippen LogP contribution >= 0.6 is 0 Å².